The SMILES string of the molecule is CC(C)C(=O)Nc1ccccc1C(=O)O.CO. The standard InChI is InChI=1S/C11H13NO3.CH4O/c1-7(2)10(13)12-9-6-4-3-5-8(9)11(14)15;1-2/h3-7H,1-2H3,(H,12,13)(H,14,15);2H,1H3. The lowest BCUT2D eigenvalue weighted by molar-refractivity contribution is -0.118. The van der Waals surface area contributed by atoms with Gasteiger partial charge >= 0.3 is 5.97 Å². The van der Waals surface area contributed by atoms with Gasteiger partial charge in [-0.15, -0.1) is 0 Å². The van der Waals surface area contributed by atoms with Crippen molar-refractivity contribution in [1.29, 1.82) is 0 Å². The minimum absolute atomic E-state index is 0.103. The van der Waals surface area contributed by atoms with Gasteiger partial charge in [-0.25, -0.2) is 4.79 Å². The number of carbonyl (C=O) groups is 2. The molecule has 0 aliphatic carbocycles. The van der Waals surface area contributed by atoms with Crippen LogP contribution in [0.3, 0.4) is 0 Å². The lowest BCUT2D eigenvalue weighted by atomic mass is 10.1. The topological polar surface area (TPSA) is 86.6 Å². The third-order valence-corrected chi connectivity index (χ3v) is 1.94. The maximum absolute atomic E-state index is 11.4. The summed E-state index contributed by atoms with van der Waals surface area (Å²) in [5.41, 5.74) is 0.440. The molecule has 0 aromatic heterocycles. The van der Waals surface area contributed by atoms with E-state index in [1.54, 1.807) is 32.0 Å². The van der Waals surface area contributed by atoms with Crippen LogP contribution in [-0.4, -0.2) is 29.2 Å². The van der Waals surface area contributed by atoms with E-state index in [0.29, 0.717) is 5.69 Å². The predicted molar refractivity (Wildman–Crippen MR) is 65.0 cm³/mol. The summed E-state index contributed by atoms with van der Waals surface area (Å²) in [4.78, 5) is 22.2. The molecule has 0 saturated heterocycles. The summed E-state index contributed by atoms with van der Waals surface area (Å²) in [7, 11) is 1.00. The largest absolute Gasteiger partial charge is 0.478 e. The number of hydrogen-bond donors (Lipinski definition) is 3. The van der Waals surface area contributed by atoms with Gasteiger partial charge in [-0.1, -0.05) is 26.0 Å². The monoisotopic (exact) mass is 239 g/mol. The molecule has 1 aromatic rings. The van der Waals surface area contributed by atoms with Gasteiger partial charge in [0.2, 0.25) is 5.91 Å². The van der Waals surface area contributed by atoms with Gasteiger partial charge in [0.25, 0.3) is 0 Å². The highest BCUT2D eigenvalue weighted by molar-refractivity contribution is 6.00. The smallest absolute Gasteiger partial charge is 0.337 e. The Morgan fingerprint density at radius 1 is 1.18 bits per heavy atom. The summed E-state index contributed by atoms with van der Waals surface area (Å²) in [6, 6.07) is 6.33. The molecule has 1 amide bonds. The Bertz CT molecular complexity index is 388. The van der Waals surface area contributed by atoms with Crippen molar-refractivity contribution in [2.75, 3.05) is 12.4 Å². The molecule has 0 fully saturated rings. The number of amides is 1. The predicted octanol–water partition coefficient (Wildman–Crippen LogP) is 1.59. The first-order chi connectivity index (χ1) is 8.02. The molecule has 94 valence electrons. The number of aliphatic hydroxyl groups excluding tert-OH is 1. The van der Waals surface area contributed by atoms with Crippen molar-refractivity contribution < 1.29 is 19.8 Å². The van der Waals surface area contributed by atoms with E-state index in [-0.39, 0.29) is 17.4 Å². The molecule has 1 rings (SSSR count). The van der Waals surface area contributed by atoms with E-state index in [1.165, 1.54) is 6.07 Å². The van der Waals surface area contributed by atoms with Crippen LogP contribution in [0.25, 0.3) is 0 Å². The first-order valence-corrected chi connectivity index (χ1v) is 5.10. The molecule has 0 spiro atoms. The van der Waals surface area contributed by atoms with Crippen LogP contribution in [-0.2, 0) is 4.79 Å². The molecule has 0 radical (unpaired) electrons. The second-order valence-electron chi connectivity index (χ2n) is 3.49. The Morgan fingerprint density at radius 3 is 2.18 bits per heavy atom. The van der Waals surface area contributed by atoms with Gasteiger partial charge in [-0.2, -0.15) is 0 Å². The van der Waals surface area contributed by atoms with Crippen LogP contribution in [0.15, 0.2) is 24.3 Å². The Labute approximate surface area is 100 Å². The number of anilines is 1. The summed E-state index contributed by atoms with van der Waals surface area (Å²) < 4.78 is 0. The maximum Gasteiger partial charge on any atom is 0.337 e. The van der Waals surface area contributed by atoms with Crippen LogP contribution in [0.2, 0.25) is 0 Å². The molecule has 0 aliphatic rings. The Morgan fingerprint density at radius 2 is 1.71 bits per heavy atom. The highest BCUT2D eigenvalue weighted by atomic mass is 16.4. The van der Waals surface area contributed by atoms with Gasteiger partial charge in [-0.3, -0.25) is 4.79 Å². The zero-order valence-corrected chi connectivity index (χ0v) is 10.1. The number of para-hydroxylation sites is 1. The minimum Gasteiger partial charge on any atom is -0.478 e. The van der Waals surface area contributed by atoms with Gasteiger partial charge in [-0.05, 0) is 12.1 Å². The number of nitrogens with one attached hydrogen (secondary N) is 1. The number of carboxylic acid groups (broad SMARTS) is 1. The summed E-state index contributed by atoms with van der Waals surface area (Å²) in [5, 5.41) is 18.4. The first-order valence-electron chi connectivity index (χ1n) is 5.10. The van der Waals surface area contributed by atoms with Gasteiger partial charge in [0.1, 0.15) is 0 Å². The number of aromatic carboxylic acids is 1. The zero-order chi connectivity index (χ0) is 13.4. The van der Waals surface area contributed by atoms with Crippen molar-refractivity contribution in [2.24, 2.45) is 5.92 Å². The Hall–Kier alpha value is -1.88. The van der Waals surface area contributed by atoms with E-state index in [9.17, 15) is 9.59 Å². The fraction of sp³-hybridized carbons (Fsp3) is 0.333. The van der Waals surface area contributed by atoms with Crippen molar-refractivity contribution in [1.82, 2.24) is 0 Å². The molecule has 3 N–H and O–H groups in total. The average Bonchev–Trinajstić information content (AvgIpc) is 2.32. The normalized spacial score (nSPS) is 9.24. The fourth-order valence-corrected chi connectivity index (χ4v) is 1.06. The van der Waals surface area contributed by atoms with E-state index >= 15 is 0 Å². The molecule has 17 heavy (non-hydrogen) atoms. The van der Waals surface area contributed by atoms with Gasteiger partial charge < -0.3 is 15.5 Å². The number of rotatable bonds is 3. The molecule has 5 nitrogen and oxygen atoms in total. The van der Waals surface area contributed by atoms with Gasteiger partial charge in [0, 0.05) is 13.0 Å². The highest BCUT2D eigenvalue weighted by Gasteiger charge is 2.13. The Balaban J connectivity index is 0.00000121. The molecular formula is C12H17NO4. The summed E-state index contributed by atoms with van der Waals surface area (Å²) in [5.74, 6) is -1.41. The fourth-order valence-electron chi connectivity index (χ4n) is 1.06. The van der Waals surface area contributed by atoms with Crippen molar-refractivity contribution in [3.8, 4) is 0 Å². The lowest BCUT2D eigenvalue weighted by Crippen LogP contribution is -2.19. The number of carboxylic acids is 1. The number of benzene rings is 1. The molecule has 0 bridgehead atoms. The van der Waals surface area contributed by atoms with Crippen LogP contribution in [0.1, 0.15) is 24.2 Å². The van der Waals surface area contributed by atoms with E-state index < -0.39 is 5.97 Å². The molecular weight excluding hydrogens is 222 g/mol. The summed E-state index contributed by atoms with van der Waals surface area (Å²) in [6.45, 7) is 3.50. The van der Waals surface area contributed by atoms with E-state index in [0.717, 1.165) is 7.11 Å². The highest BCUT2D eigenvalue weighted by Crippen LogP contribution is 2.15. The Kier molecular flexibility index (Phi) is 6.58. The number of hydrogen-bond acceptors (Lipinski definition) is 3. The molecule has 0 atom stereocenters. The zero-order valence-electron chi connectivity index (χ0n) is 10.1. The van der Waals surface area contributed by atoms with Crippen LogP contribution >= 0.6 is 0 Å². The molecule has 0 unspecified atom stereocenters. The molecule has 5 heteroatoms. The second-order valence-corrected chi connectivity index (χ2v) is 3.49. The van der Waals surface area contributed by atoms with Crippen LogP contribution in [0, 0.1) is 5.92 Å². The number of aliphatic hydroxyl groups is 1. The molecule has 0 heterocycles. The van der Waals surface area contributed by atoms with Crippen molar-refractivity contribution >= 4 is 17.6 Å². The van der Waals surface area contributed by atoms with Crippen LogP contribution < -0.4 is 5.32 Å². The van der Waals surface area contributed by atoms with Crippen molar-refractivity contribution in [3.63, 3.8) is 0 Å². The van der Waals surface area contributed by atoms with E-state index in [2.05, 4.69) is 5.32 Å². The molecule has 1 aromatic carbocycles. The van der Waals surface area contributed by atoms with Crippen molar-refractivity contribution in [3.05, 3.63) is 29.8 Å². The first kappa shape index (κ1) is 15.1. The van der Waals surface area contributed by atoms with E-state index in [1.807, 2.05) is 0 Å². The van der Waals surface area contributed by atoms with Crippen LogP contribution in [0.4, 0.5) is 5.69 Å². The third kappa shape index (κ3) is 4.65. The van der Waals surface area contributed by atoms with Gasteiger partial charge in [0.05, 0.1) is 11.3 Å². The minimum atomic E-state index is -1.05. The summed E-state index contributed by atoms with van der Waals surface area (Å²) in [6.07, 6.45) is 0. The van der Waals surface area contributed by atoms with Gasteiger partial charge in [0.15, 0.2) is 0 Å². The maximum atomic E-state index is 11.4. The third-order valence-electron chi connectivity index (χ3n) is 1.94. The molecule has 0 aliphatic heterocycles. The number of carbonyl (C=O) groups excluding carboxylic acids is 1. The molecule has 0 saturated carbocycles. The van der Waals surface area contributed by atoms with Crippen molar-refractivity contribution in [2.45, 2.75) is 13.8 Å². The van der Waals surface area contributed by atoms with E-state index in [4.69, 9.17) is 10.2 Å². The second kappa shape index (κ2) is 7.40. The lowest BCUT2D eigenvalue weighted by Gasteiger charge is -2.09. The summed E-state index contributed by atoms with van der Waals surface area (Å²) >= 11 is 0. The average molecular weight is 239 g/mol. The quantitative estimate of drug-likeness (QED) is 0.747. The van der Waals surface area contributed by atoms with Crippen LogP contribution in [0.5, 0.6) is 0 Å².